The molecule has 0 unspecified atom stereocenters. The molecule has 8 heteroatoms. The molecule has 1 aliphatic rings. The van der Waals surface area contributed by atoms with Crippen LogP contribution in [0.25, 0.3) is 5.82 Å². The average molecular weight is 307 g/mol. The monoisotopic (exact) mass is 307 g/mol. The Bertz CT molecular complexity index is 755. The number of hydrogen-bond donors (Lipinski definition) is 0. The molecule has 112 valence electrons. The second-order valence-electron chi connectivity index (χ2n) is 5.18. The Hall–Kier alpha value is -1.80. The van der Waals surface area contributed by atoms with Crippen molar-refractivity contribution in [2.75, 3.05) is 12.8 Å². The maximum absolute atomic E-state index is 11.8. The van der Waals surface area contributed by atoms with Crippen LogP contribution in [-0.2, 0) is 10.0 Å². The van der Waals surface area contributed by atoms with Crippen LogP contribution in [0.2, 0.25) is 0 Å². The van der Waals surface area contributed by atoms with Crippen LogP contribution in [0.3, 0.4) is 0 Å². The number of hydrogen-bond acceptors (Lipinski definition) is 5. The van der Waals surface area contributed by atoms with Gasteiger partial charge in [-0.2, -0.15) is 4.31 Å². The summed E-state index contributed by atoms with van der Waals surface area (Å²) in [6.45, 7) is 2.42. The summed E-state index contributed by atoms with van der Waals surface area (Å²) in [5.41, 5.74) is 0.684. The predicted molar refractivity (Wildman–Crippen MR) is 77.4 cm³/mol. The lowest BCUT2D eigenvalue weighted by atomic mass is 10.2. The highest BCUT2D eigenvalue weighted by Gasteiger charge is 2.33. The van der Waals surface area contributed by atoms with Crippen LogP contribution < -0.4 is 0 Å². The predicted octanol–water partition coefficient (Wildman–Crippen LogP) is 1.07. The minimum atomic E-state index is -3.23. The van der Waals surface area contributed by atoms with Gasteiger partial charge in [0, 0.05) is 18.9 Å². The third-order valence-corrected chi connectivity index (χ3v) is 4.97. The second-order valence-corrected chi connectivity index (χ2v) is 7.11. The summed E-state index contributed by atoms with van der Waals surface area (Å²) in [4.78, 5) is 12.9. The summed E-state index contributed by atoms with van der Waals surface area (Å²) < 4.78 is 27.0. The molecule has 2 aromatic rings. The molecule has 0 saturated carbocycles. The van der Waals surface area contributed by atoms with E-state index in [9.17, 15) is 8.42 Å². The van der Waals surface area contributed by atoms with Gasteiger partial charge in [0.1, 0.15) is 5.82 Å². The zero-order chi connectivity index (χ0) is 15.0. The van der Waals surface area contributed by atoms with Gasteiger partial charge in [-0.05, 0) is 19.8 Å². The number of sulfonamides is 1. The van der Waals surface area contributed by atoms with E-state index in [2.05, 4.69) is 15.0 Å². The van der Waals surface area contributed by atoms with Gasteiger partial charge in [0.2, 0.25) is 10.0 Å². The van der Waals surface area contributed by atoms with Crippen LogP contribution in [-0.4, -0.2) is 45.0 Å². The first-order chi connectivity index (χ1) is 9.97. The van der Waals surface area contributed by atoms with Crippen LogP contribution in [0.15, 0.2) is 24.8 Å². The number of aromatic nitrogens is 4. The minimum absolute atomic E-state index is 0.226. The molecule has 1 saturated heterocycles. The molecule has 0 aliphatic carbocycles. The highest BCUT2D eigenvalue weighted by molar-refractivity contribution is 7.88. The van der Waals surface area contributed by atoms with E-state index in [4.69, 9.17) is 0 Å². The number of rotatable bonds is 3. The SMILES string of the molecule is Cc1nccn1-c1cncc([C@@H]2CCCN2S(C)(=O)=O)n1. The van der Waals surface area contributed by atoms with E-state index in [0.29, 0.717) is 18.1 Å². The Labute approximate surface area is 123 Å². The zero-order valence-electron chi connectivity index (χ0n) is 12.0. The van der Waals surface area contributed by atoms with Gasteiger partial charge in [0.25, 0.3) is 0 Å². The van der Waals surface area contributed by atoms with Gasteiger partial charge in [0.15, 0.2) is 5.82 Å². The lowest BCUT2D eigenvalue weighted by Gasteiger charge is -2.21. The van der Waals surface area contributed by atoms with Gasteiger partial charge in [-0.25, -0.2) is 18.4 Å². The van der Waals surface area contributed by atoms with Gasteiger partial charge >= 0.3 is 0 Å². The van der Waals surface area contributed by atoms with E-state index in [1.165, 1.54) is 10.6 Å². The highest BCUT2D eigenvalue weighted by Crippen LogP contribution is 2.32. The van der Waals surface area contributed by atoms with Crippen molar-refractivity contribution in [1.29, 1.82) is 0 Å². The molecule has 1 aliphatic heterocycles. The molecule has 0 bridgehead atoms. The summed E-state index contributed by atoms with van der Waals surface area (Å²) in [6.07, 6.45) is 9.65. The van der Waals surface area contributed by atoms with E-state index in [0.717, 1.165) is 18.7 Å². The van der Waals surface area contributed by atoms with Crippen molar-refractivity contribution in [3.63, 3.8) is 0 Å². The molecule has 0 amide bonds. The molecular formula is C13H17N5O2S. The maximum Gasteiger partial charge on any atom is 0.211 e. The van der Waals surface area contributed by atoms with Crippen molar-refractivity contribution < 1.29 is 8.42 Å². The van der Waals surface area contributed by atoms with Gasteiger partial charge in [0.05, 0.1) is 30.4 Å². The standard InChI is InChI=1S/C13H17N5O2S/c1-10-15-5-7-17(10)13-9-14-8-11(16-13)12-4-3-6-18(12)21(2,19)20/h5,7-9,12H,3-4,6H2,1-2H3/t12-/m0/s1. The Balaban J connectivity index is 1.99. The smallest absolute Gasteiger partial charge is 0.211 e. The summed E-state index contributed by atoms with van der Waals surface area (Å²) in [5.74, 6) is 1.47. The molecule has 7 nitrogen and oxygen atoms in total. The van der Waals surface area contributed by atoms with Crippen molar-refractivity contribution in [2.24, 2.45) is 0 Å². The van der Waals surface area contributed by atoms with Crippen LogP contribution in [0.4, 0.5) is 0 Å². The number of imidazole rings is 1. The normalized spacial score (nSPS) is 20.0. The molecule has 3 rings (SSSR count). The van der Waals surface area contributed by atoms with Crippen LogP contribution in [0.5, 0.6) is 0 Å². The molecule has 0 aromatic carbocycles. The van der Waals surface area contributed by atoms with Crippen molar-refractivity contribution in [1.82, 2.24) is 23.8 Å². The molecule has 1 fully saturated rings. The lowest BCUT2D eigenvalue weighted by molar-refractivity contribution is 0.393. The summed E-state index contributed by atoms with van der Waals surface area (Å²) >= 11 is 0. The van der Waals surface area contributed by atoms with Gasteiger partial charge in [-0.1, -0.05) is 0 Å². The van der Waals surface area contributed by atoms with Crippen LogP contribution in [0, 0.1) is 6.92 Å². The summed E-state index contributed by atoms with van der Waals surface area (Å²) in [5, 5.41) is 0. The summed E-state index contributed by atoms with van der Waals surface area (Å²) in [7, 11) is -3.23. The van der Waals surface area contributed by atoms with E-state index in [-0.39, 0.29) is 6.04 Å². The topological polar surface area (TPSA) is 81.0 Å². The van der Waals surface area contributed by atoms with Gasteiger partial charge in [-0.15, -0.1) is 0 Å². The van der Waals surface area contributed by atoms with E-state index >= 15 is 0 Å². The molecule has 1 atom stereocenters. The van der Waals surface area contributed by atoms with Crippen molar-refractivity contribution in [3.8, 4) is 5.82 Å². The van der Waals surface area contributed by atoms with Gasteiger partial charge < -0.3 is 0 Å². The molecule has 0 radical (unpaired) electrons. The van der Waals surface area contributed by atoms with E-state index in [1.54, 1.807) is 18.6 Å². The minimum Gasteiger partial charge on any atom is -0.287 e. The quantitative estimate of drug-likeness (QED) is 0.847. The van der Waals surface area contributed by atoms with Crippen LogP contribution in [0.1, 0.15) is 30.4 Å². The Morgan fingerprint density at radius 1 is 1.33 bits per heavy atom. The molecule has 0 N–H and O–H groups in total. The molecule has 0 spiro atoms. The van der Waals surface area contributed by atoms with E-state index in [1.807, 2.05) is 17.7 Å². The highest BCUT2D eigenvalue weighted by atomic mass is 32.2. The van der Waals surface area contributed by atoms with Crippen LogP contribution >= 0.6 is 0 Å². The number of nitrogens with zero attached hydrogens (tertiary/aromatic N) is 5. The number of aryl methyl sites for hydroxylation is 1. The average Bonchev–Trinajstić information content (AvgIpc) is 3.06. The summed E-state index contributed by atoms with van der Waals surface area (Å²) in [6, 6.07) is -0.226. The lowest BCUT2D eigenvalue weighted by Crippen LogP contribution is -2.30. The fraction of sp³-hybridized carbons (Fsp3) is 0.462. The third-order valence-electron chi connectivity index (χ3n) is 3.68. The Morgan fingerprint density at radius 3 is 2.81 bits per heavy atom. The maximum atomic E-state index is 11.8. The second kappa shape index (κ2) is 5.19. The van der Waals surface area contributed by atoms with E-state index < -0.39 is 10.0 Å². The van der Waals surface area contributed by atoms with Crippen molar-refractivity contribution in [2.45, 2.75) is 25.8 Å². The first-order valence-corrected chi connectivity index (χ1v) is 8.61. The fourth-order valence-corrected chi connectivity index (χ4v) is 3.84. The Kier molecular flexibility index (Phi) is 3.50. The first-order valence-electron chi connectivity index (χ1n) is 6.76. The molecule has 21 heavy (non-hydrogen) atoms. The third kappa shape index (κ3) is 2.68. The molecular weight excluding hydrogens is 290 g/mol. The van der Waals surface area contributed by atoms with Crippen molar-refractivity contribution in [3.05, 3.63) is 36.3 Å². The largest absolute Gasteiger partial charge is 0.287 e. The zero-order valence-corrected chi connectivity index (χ0v) is 12.8. The fourth-order valence-electron chi connectivity index (χ4n) is 2.70. The van der Waals surface area contributed by atoms with Gasteiger partial charge in [-0.3, -0.25) is 9.55 Å². The Morgan fingerprint density at radius 2 is 2.14 bits per heavy atom. The molecule has 3 heterocycles. The van der Waals surface area contributed by atoms with Crippen molar-refractivity contribution >= 4 is 10.0 Å². The molecule has 2 aromatic heterocycles. The first kappa shape index (κ1) is 14.2.